The summed E-state index contributed by atoms with van der Waals surface area (Å²) in [6.07, 6.45) is 0.203. The largest absolute Gasteiger partial charge is 0.453 e. The summed E-state index contributed by atoms with van der Waals surface area (Å²) < 4.78 is 32.6. The molecule has 0 spiro atoms. The maximum atomic E-state index is 13.6. The molecule has 0 aliphatic carbocycles. The standard InChI is InChI=1S/C17H13F2IO3/c1-2-14(21)15(22)8-10-3-5-17(13(20)7-10)23-16-6-4-11(18)9-12(16)19/h3-7,9H,2,8H2,1H3. The molecule has 0 radical (unpaired) electrons. The highest BCUT2D eigenvalue weighted by atomic mass is 127. The first-order valence-electron chi connectivity index (χ1n) is 6.88. The van der Waals surface area contributed by atoms with Crippen LogP contribution in [-0.2, 0) is 16.0 Å². The SMILES string of the molecule is CCC(=O)C(=O)Cc1ccc(Oc2ccc(F)cc2F)c(I)c1. The lowest BCUT2D eigenvalue weighted by Crippen LogP contribution is -2.15. The molecule has 2 rings (SSSR count). The van der Waals surface area contributed by atoms with E-state index in [1.807, 2.05) is 22.6 Å². The van der Waals surface area contributed by atoms with Gasteiger partial charge in [0.05, 0.1) is 3.57 Å². The van der Waals surface area contributed by atoms with E-state index in [0.717, 1.165) is 12.1 Å². The van der Waals surface area contributed by atoms with Crippen LogP contribution in [-0.4, -0.2) is 11.6 Å². The van der Waals surface area contributed by atoms with Gasteiger partial charge in [-0.2, -0.15) is 0 Å². The molecule has 0 saturated heterocycles. The minimum atomic E-state index is -0.798. The van der Waals surface area contributed by atoms with Gasteiger partial charge in [-0.15, -0.1) is 0 Å². The van der Waals surface area contributed by atoms with E-state index in [-0.39, 0.29) is 18.6 Å². The van der Waals surface area contributed by atoms with Crippen LogP contribution in [0, 0.1) is 15.2 Å². The maximum Gasteiger partial charge on any atom is 0.202 e. The number of rotatable bonds is 6. The highest BCUT2D eigenvalue weighted by Crippen LogP contribution is 2.29. The number of Topliss-reactive ketones (excluding diaryl/α,β-unsaturated/α-hetero) is 2. The summed E-state index contributed by atoms with van der Waals surface area (Å²) in [5.41, 5.74) is 0.674. The van der Waals surface area contributed by atoms with Crippen LogP contribution in [0.15, 0.2) is 36.4 Å². The Hall–Kier alpha value is -1.83. The zero-order chi connectivity index (χ0) is 17.0. The number of hydrogen-bond acceptors (Lipinski definition) is 3. The molecule has 0 bridgehead atoms. The highest BCUT2D eigenvalue weighted by molar-refractivity contribution is 14.1. The Labute approximate surface area is 145 Å². The third-order valence-electron chi connectivity index (χ3n) is 3.11. The molecular formula is C17H13F2IO3. The molecule has 0 unspecified atom stereocenters. The monoisotopic (exact) mass is 430 g/mol. The van der Waals surface area contributed by atoms with E-state index in [1.165, 1.54) is 6.07 Å². The van der Waals surface area contributed by atoms with Gasteiger partial charge >= 0.3 is 0 Å². The van der Waals surface area contributed by atoms with E-state index in [1.54, 1.807) is 25.1 Å². The van der Waals surface area contributed by atoms with E-state index in [2.05, 4.69) is 0 Å². The number of hydrogen-bond donors (Lipinski definition) is 0. The molecule has 0 atom stereocenters. The fraction of sp³-hybridized carbons (Fsp3) is 0.176. The van der Waals surface area contributed by atoms with Gasteiger partial charge < -0.3 is 4.74 Å². The van der Waals surface area contributed by atoms with Crippen molar-refractivity contribution in [3.8, 4) is 11.5 Å². The second kappa shape index (κ2) is 7.63. The average Bonchev–Trinajstić information content (AvgIpc) is 2.51. The van der Waals surface area contributed by atoms with Crippen LogP contribution >= 0.6 is 22.6 Å². The number of benzene rings is 2. The Kier molecular flexibility index (Phi) is 5.81. The Morgan fingerprint density at radius 3 is 2.35 bits per heavy atom. The van der Waals surface area contributed by atoms with Gasteiger partial charge in [-0.1, -0.05) is 13.0 Å². The Morgan fingerprint density at radius 1 is 1.04 bits per heavy atom. The van der Waals surface area contributed by atoms with Gasteiger partial charge in [0.25, 0.3) is 0 Å². The van der Waals surface area contributed by atoms with Crippen LogP contribution in [0.4, 0.5) is 8.78 Å². The van der Waals surface area contributed by atoms with Crippen LogP contribution < -0.4 is 4.74 Å². The quantitative estimate of drug-likeness (QED) is 0.503. The number of halogens is 3. The molecule has 0 aliphatic heterocycles. The third kappa shape index (κ3) is 4.57. The van der Waals surface area contributed by atoms with E-state index in [9.17, 15) is 18.4 Å². The predicted molar refractivity (Wildman–Crippen MR) is 89.6 cm³/mol. The molecule has 0 heterocycles. The molecule has 0 saturated carbocycles. The summed E-state index contributed by atoms with van der Waals surface area (Å²) in [5.74, 6) is -2.04. The van der Waals surface area contributed by atoms with Crippen LogP contribution in [0.25, 0.3) is 0 Å². The molecule has 2 aromatic rings. The zero-order valence-corrected chi connectivity index (χ0v) is 14.4. The van der Waals surface area contributed by atoms with Crippen LogP contribution in [0.5, 0.6) is 11.5 Å². The third-order valence-corrected chi connectivity index (χ3v) is 3.95. The first kappa shape index (κ1) is 17.5. The Balaban J connectivity index is 2.16. The van der Waals surface area contributed by atoms with Crippen molar-refractivity contribution in [1.29, 1.82) is 0 Å². The molecule has 2 aromatic carbocycles. The lowest BCUT2D eigenvalue weighted by Gasteiger charge is -2.10. The summed E-state index contributed by atoms with van der Waals surface area (Å²) in [6.45, 7) is 1.64. The molecule has 0 aromatic heterocycles. The maximum absolute atomic E-state index is 13.6. The first-order chi connectivity index (χ1) is 10.9. The van der Waals surface area contributed by atoms with E-state index in [0.29, 0.717) is 14.9 Å². The van der Waals surface area contributed by atoms with Crippen molar-refractivity contribution in [2.24, 2.45) is 0 Å². The van der Waals surface area contributed by atoms with Gasteiger partial charge in [-0.05, 0) is 52.4 Å². The predicted octanol–water partition coefficient (Wildman–Crippen LogP) is 4.45. The normalized spacial score (nSPS) is 10.4. The summed E-state index contributed by atoms with van der Waals surface area (Å²) in [4.78, 5) is 23.0. The molecular weight excluding hydrogens is 417 g/mol. The zero-order valence-electron chi connectivity index (χ0n) is 12.2. The molecule has 6 heteroatoms. The second-order valence-electron chi connectivity index (χ2n) is 4.82. The van der Waals surface area contributed by atoms with Gasteiger partial charge in [0.1, 0.15) is 11.6 Å². The van der Waals surface area contributed by atoms with Crippen molar-refractivity contribution in [3.63, 3.8) is 0 Å². The van der Waals surface area contributed by atoms with Gasteiger partial charge in [-0.25, -0.2) is 8.78 Å². The van der Waals surface area contributed by atoms with E-state index < -0.39 is 23.2 Å². The lowest BCUT2D eigenvalue weighted by atomic mass is 10.1. The average molecular weight is 430 g/mol. The second-order valence-corrected chi connectivity index (χ2v) is 5.98. The Morgan fingerprint density at radius 2 is 1.74 bits per heavy atom. The summed E-state index contributed by atoms with van der Waals surface area (Å²) in [5, 5.41) is 0. The summed E-state index contributed by atoms with van der Waals surface area (Å²) in [7, 11) is 0. The fourth-order valence-corrected chi connectivity index (χ4v) is 2.58. The molecule has 23 heavy (non-hydrogen) atoms. The summed E-state index contributed by atoms with van der Waals surface area (Å²) >= 11 is 1.99. The highest BCUT2D eigenvalue weighted by Gasteiger charge is 2.14. The van der Waals surface area contributed by atoms with Crippen molar-refractivity contribution in [2.75, 3.05) is 0 Å². The summed E-state index contributed by atoms with van der Waals surface area (Å²) in [6, 6.07) is 7.97. The number of carbonyl (C=O) groups is 2. The molecule has 0 aliphatic rings. The fourth-order valence-electron chi connectivity index (χ4n) is 1.89. The first-order valence-corrected chi connectivity index (χ1v) is 7.96. The molecule has 0 amide bonds. The lowest BCUT2D eigenvalue weighted by molar-refractivity contribution is -0.136. The van der Waals surface area contributed by atoms with Crippen molar-refractivity contribution < 1.29 is 23.1 Å². The van der Waals surface area contributed by atoms with Crippen molar-refractivity contribution in [3.05, 3.63) is 57.2 Å². The van der Waals surface area contributed by atoms with E-state index in [4.69, 9.17) is 4.74 Å². The number of ether oxygens (including phenoxy) is 1. The smallest absolute Gasteiger partial charge is 0.202 e. The van der Waals surface area contributed by atoms with Gasteiger partial charge in [-0.3, -0.25) is 9.59 Å². The molecule has 120 valence electrons. The number of carbonyl (C=O) groups excluding carboxylic acids is 2. The van der Waals surface area contributed by atoms with E-state index >= 15 is 0 Å². The Bertz CT molecular complexity index is 759. The minimum absolute atomic E-state index is 0.0217. The minimum Gasteiger partial charge on any atom is -0.453 e. The van der Waals surface area contributed by atoms with Crippen molar-refractivity contribution in [1.82, 2.24) is 0 Å². The van der Waals surface area contributed by atoms with Crippen molar-refractivity contribution in [2.45, 2.75) is 19.8 Å². The van der Waals surface area contributed by atoms with Crippen LogP contribution in [0.3, 0.4) is 0 Å². The molecule has 3 nitrogen and oxygen atoms in total. The number of ketones is 2. The van der Waals surface area contributed by atoms with Gasteiger partial charge in [0, 0.05) is 18.9 Å². The van der Waals surface area contributed by atoms with Gasteiger partial charge in [0.15, 0.2) is 17.3 Å². The molecule has 0 fully saturated rings. The topological polar surface area (TPSA) is 43.4 Å². The van der Waals surface area contributed by atoms with Crippen LogP contribution in [0.1, 0.15) is 18.9 Å². The van der Waals surface area contributed by atoms with Crippen LogP contribution in [0.2, 0.25) is 0 Å². The molecule has 0 N–H and O–H groups in total. The van der Waals surface area contributed by atoms with Gasteiger partial charge in [0.2, 0.25) is 5.78 Å². The van der Waals surface area contributed by atoms with Crippen molar-refractivity contribution >= 4 is 34.2 Å².